The standard InChI is InChI=1S/C15H19BO3S/c1-14(2)15(3,4)19-16(18-14)10-5-6-13-11(9-10)12(17)7-8-20-13/h5-6,9H,7-8H2,1-4H3. The second kappa shape index (κ2) is 4.62. The van der Waals surface area contributed by atoms with Gasteiger partial charge in [-0.25, -0.2) is 0 Å². The van der Waals surface area contributed by atoms with Crippen molar-refractivity contribution in [2.75, 3.05) is 5.75 Å². The lowest BCUT2D eigenvalue weighted by Crippen LogP contribution is -2.41. The van der Waals surface area contributed by atoms with Gasteiger partial charge in [0.2, 0.25) is 0 Å². The molecule has 0 radical (unpaired) electrons. The van der Waals surface area contributed by atoms with Crippen molar-refractivity contribution < 1.29 is 14.1 Å². The molecule has 0 amide bonds. The highest BCUT2D eigenvalue weighted by Gasteiger charge is 2.51. The molecule has 0 unspecified atom stereocenters. The molecule has 0 atom stereocenters. The molecule has 1 fully saturated rings. The third-order valence-electron chi connectivity index (χ3n) is 4.42. The number of fused-ring (bicyclic) bond motifs is 1. The number of carbonyl (C=O) groups excluding carboxylic acids is 1. The van der Waals surface area contributed by atoms with E-state index in [1.807, 2.05) is 45.9 Å². The van der Waals surface area contributed by atoms with Gasteiger partial charge < -0.3 is 9.31 Å². The molecular formula is C15H19BO3S. The van der Waals surface area contributed by atoms with Gasteiger partial charge >= 0.3 is 7.12 Å². The van der Waals surface area contributed by atoms with Crippen molar-refractivity contribution in [3.05, 3.63) is 23.8 Å². The molecule has 5 heteroatoms. The smallest absolute Gasteiger partial charge is 0.399 e. The summed E-state index contributed by atoms with van der Waals surface area (Å²) in [5.74, 6) is 1.10. The molecule has 2 aliphatic heterocycles. The maximum Gasteiger partial charge on any atom is 0.494 e. The van der Waals surface area contributed by atoms with E-state index in [2.05, 4.69) is 0 Å². The average molecular weight is 290 g/mol. The van der Waals surface area contributed by atoms with Crippen LogP contribution < -0.4 is 5.46 Å². The number of hydrogen-bond acceptors (Lipinski definition) is 4. The van der Waals surface area contributed by atoms with Gasteiger partial charge in [0.05, 0.1) is 11.2 Å². The summed E-state index contributed by atoms with van der Waals surface area (Å²) in [6, 6.07) is 5.95. The summed E-state index contributed by atoms with van der Waals surface area (Å²) in [7, 11) is -0.398. The summed E-state index contributed by atoms with van der Waals surface area (Å²) in [6.45, 7) is 8.14. The van der Waals surface area contributed by atoms with Crippen LogP contribution in [0, 0.1) is 0 Å². The Hall–Kier alpha value is -0.775. The molecule has 2 heterocycles. The Kier molecular flexibility index (Phi) is 3.27. The molecule has 20 heavy (non-hydrogen) atoms. The summed E-state index contributed by atoms with van der Waals surface area (Å²) in [4.78, 5) is 13.1. The Bertz CT molecular complexity index is 552. The summed E-state index contributed by atoms with van der Waals surface area (Å²) < 4.78 is 12.1. The minimum absolute atomic E-state index is 0.220. The number of hydrogen-bond donors (Lipinski definition) is 0. The van der Waals surface area contributed by atoms with E-state index in [4.69, 9.17) is 9.31 Å². The van der Waals surface area contributed by atoms with Crippen molar-refractivity contribution in [2.24, 2.45) is 0 Å². The molecule has 0 bridgehead atoms. The fourth-order valence-electron chi connectivity index (χ4n) is 2.41. The maximum atomic E-state index is 12.0. The van der Waals surface area contributed by atoms with Crippen LogP contribution in [-0.2, 0) is 9.31 Å². The minimum atomic E-state index is -0.398. The Morgan fingerprint density at radius 2 is 1.80 bits per heavy atom. The topological polar surface area (TPSA) is 35.5 Å². The van der Waals surface area contributed by atoms with Gasteiger partial charge in [-0.3, -0.25) is 4.79 Å². The number of benzene rings is 1. The molecule has 2 aliphatic rings. The minimum Gasteiger partial charge on any atom is -0.399 e. The molecule has 1 aromatic rings. The second-order valence-corrected chi connectivity index (χ2v) is 7.50. The van der Waals surface area contributed by atoms with Crippen LogP contribution in [0.5, 0.6) is 0 Å². The van der Waals surface area contributed by atoms with Crippen molar-refractivity contribution in [1.29, 1.82) is 0 Å². The van der Waals surface area contributed by atoms with Crippen molar-refractivity contribution in [3.8, 4) is 0 Å². The zero-order chi connectivity index (χ0) is 14.5. The normalized spacial score (nSPS) is 23.8. The van der Waals surface area contributed by atoms with Gasteiger partial charge in [0.1, 0.15) is 0 Å². The molecule has 0 spiro atoms. The van der Waals surface area contributed by atoms with Gasteiger partial charge in [-0.15, -0.1) is 11.8 Å². The number of Topliss-reactive ketones (excluding diaryl/α,β-unsaturated/α-hetero) is 1. The number of carbonyl (C=O) groups is 1. The van der Waals surface area contributed by atoms with Gasteiger partial charge in [-0.2, -0.15) is 0 Å². The van der Waals surface area contributed by atoms with E-state index in [1.54, 1.807) is 11.8 Å². The number of rotatable bonds is 1. The molecule has 106 valence electrons. The lowest BCUT2D eigenvalue weighted by Gasteiger charge is -2.32. The van der Waals surface area contributed by atoms with E-state index < -0.39 is 7.12 Å². The van der Waals surface area contributed by atoms with E-state index in [0.29, 0.717) is 6.42 Å². The van der Waals surface area contributed by atoms with Crippen LogP contribution in [0.3, 0.4) is 0 Å². The Morgan fingerprint density at radius 1 is 1.15 bits per heavy atom. The molecule has 0 aromatic heterocycles. The van der Waals surface area contributed by atoms with Gasteiger partial charge in [-0.05, 0) is 39.2 Å². The highest BCUT2D eigenvalue weighted by molar-refractivity contribution is 7.99. The fraction of sp³-hybridized carbons (Fsp3) is 0.533. The van der Waals surface area contributed by atoms with Crippen LogP contribution in [0.1, 0.15) is 44.5 Å². The first kappa shape index (κ1) is 14.2. The monoisotopic (exact) mass is 290 g/mol. The predicted octanol–water partition coefficient (Wildman–Crippen LogP) is 2.66. The van der Waals surface area contributed by atoms with E-state index in [9.17, 15) is 4.79 Å². The fourth-order valence-corrected chi connectivity index (χ4v) is 3.41. The zero-order valence-corrected chi connectivity index (χ0v) is 13.2. The Labute approximate surface area is 124 Å². The summed E-state index contributed by atoms with van der Waals surface area (Å²) in [6.07, 6.45) is 0.616. The maximum absolute atomic E-state index is 12.0. The molecule has 0 N–H and O–H groups in total. The third kappa shape index (κ3) is 2.22. The Balaban J connectivity index is 1.93. The quantitative estimate of drug-likeness (QED) is 0.745. The second-order valence-electron chi connectivity index (χ2n) is 6.37. The summed E-state index contributed by atoms with van der Waals surface area (Å²) in [5, 5.41) is 0. The first-order chi connectivity index (χ1) is 9.30. The highest BCUT2D eigenvalue weighted by atomic mass is 32.2. The molecule has 1 saturated heterocycles. The van der Waals surface area contributed by atoms with Gasteiger partial charge in [0.25, 0.3) is 0 Å². The van der Waals surface area contributed by atoms with Crippen molar-refractivity contribution in [3.63, 3.8) is 0 Å². The molecule has 0 aliphatic carbocycles. The lowest BCUT2D eigenvalue weighted by atomic mass is 9.78. The molecule has 1 aromatic carbocycles. The van der Waals surface area contributed by atoms with E-state index >= 15 is 0 Å². The van der Waals surface area contributed by atoms with Crippen LogP contribution in [-0.4, -0.2) is 29.9 Å². The SMILES string of the molecule is CC1(C)OB(c2ccc3c(c2)C(=O)CCS3)OC1(C)C. The third-order valence-corrected chi connectivity index (χ3v) is 5.49. The largest absolute Gasteiger partial charge is 0.494 e. The lowest BCUT2D eigenvalue weighted by molar-refractivity contribution is 0.00578. The average Bonchev–Trinajstić information content (AvgIpc) is 2.59. The van der Waals surface area contributed by atoms with E-state index in [1.165, 1.54) is 0 Å². The summed E-state index contributed by atoms with van der Waals surface area (Å²) in [5.41, 5.74) is 1.03. The van der Waals surface area contributed by atoms with Gasteiger partial charge in [-0.1, -0.05) is 12.1 Å². The highest BCUT2D eigenvalue weighted by Crippen LogP contribution is 2.37. The van der Waals surface area contributed by atoms with Crippen molar-refractivity contribution in [1.82, 2.24) is 0 Å². The first-order valence-corrected chi connectivity index (χ1v) is 7.94. The van der Waals surface area contributed by atoms with Crippen molar-refractivity contribution in [2.45, 2.75) is 50.2 Å². The van der Waals surface area contributed by atoms with Crippen LogP contribution in [0.25, 0.3) is 0 Å². The van der Waals surface area contributed by atoms with E-state index in [0.717, 1.165) is 21.7 Å². The first-order valence-electron chi connectivity index (χ1n) is 6.96. The van der Waals surface area contributed by atoms with Crippen LogP contribution in [0.15, 0.2) is 23.1 Å². The summed E-state index contributed by atoms with van der Waals surface area (Å²) >= 11 is 1.74. The van der Waals surface area contributed by atoms with Crippen molar-refractivity contribution >= 4 is 30.1 Å². The predicted molar refractivity (Wildman–Crippen MR) is 81.8 cm³/mol. The van der Waals surface area contributed by atoms with Crippen LogP contribution in [0.2, 0.25) is 0 Å². The Morgan fingerprint density at radius 3 is 2.45 bits per heavy atom. The number of thioether (sulfide) groups is 1. The molecular weight excluding hydrogens is 271 g/mol. The van der Waals surface area contributed by atoms with Crippen LogP contribution >= 0.6 is 11.8 Å². The molecule has 0 saturated carbocycles. The van der Waals surface area contributed by atoms with Crippen LogP contribution in [0.4, 0.5) is 0 Å². The van der Waals surface area contributed by atoms with Gasteiger partial charge in [0.15, 0.2) is 5.78 Å². The van der Waals surface area contributed by atoms with Gasteiger partial charge in [0, 0.05) is 22.6 Å². The molecule has 3 rings (SSSR count). The molecule has 3 nitrogen and oxygen atoms in total. The zero-order valence-electron chi connectivity index (χ0n) is 12.4. The van der Waals surface area contributed by atoms with E-state index in [-0.39, 0.29) is 17.0 Å². The number of ketones is 1.